The molecule has 0 aliphatic heterocycles. The van der Waals surface area contributed by atoms with Crippen molar-refractivity contribution in [2.45, 2.75) is 58.5 Å². The van der Waals surface area contributed by atoms with Crippen LogP contribution in [0.3, 0.4) is 0 Å². The van der Waals surface area contributed by atoms with Crippen LogP contribution in [-0.2, 0) is 0 Å². The number of hydrogen-bond acceptors (Lipinski definition) is 3. The molecule has 0 saturated heterocycles. The van der Waals surface area contributed by atoms with E-state index in [2.05, 4.69) is 6.92 Å². The second-order valence-electron chi connectivity index (χ2n) is 6.92. The monoisotopic (exact) mass is 376 g/mol. The number of rotatable bonds is 9. The van der Waals surface area contributed by atoms with E-state index in [1.165, 1.54) is 0 Å². The van der Waals surface area contributed by atoms with Gasteiger partial charge in [0.05, 0.1) is 12.7 Å². The normalized spacial score (nSPS) is 12.8. The maximum atomic E-state index is 14.8. The number of ether oxygens (including phenoxy) is 1. The molecule has 1 aromatic heterocycles. The summed E-state index contributed by atoms with van der Waals surface area (Å²) in [5.41, 5.74) is 0.130. The zero-order valence-corrected chi connectivity index (χ0v) is 15.9. The quantitative estimate of drug-likeness (QED) is 0.425. The standard InChI is InChI=1S/C22H26F2O3/c1-3-5-6-7-13-26-18-12-11-15-14-9-10-16(17(25)8-4-2)19(23)21(14)27-22(15)20(18)24/h9-12,17,25H,3-8,13H2,1-2H3/t17-/m1/s1. The van der Waals surface area contributed by atoms with Gasteiger partial charge >= 0.3 is 0 Å². The van der Waals surface area contributed by atoms with Crippen LogP contribution in [0.15, 0.2) is 28.7 Å². The molecule has 3 aromatic rings. The average Bonchev–Trinajstić information content (AvgIpc) is 3.04. The third-order valence-electron chi connectivity index (χ3n) is 4.86. The lowest BCUT2D eigenvalue weighted by Gasteiger charge is -2.10. The van der Waals surface area contributed by atoms with E-state index in [1.807, 2.05) is 6.92 Å². The Morgan fingerprint density at radius 2 is 1.63 bits per heavy atom. The number of aliphatic hydroxyl groups is 1. The Morgan fingerprint density at radius 1 is 0.926 bits per heavy atom. The molecule has 27 heavy (non-hydrogen) atoms. The van der Waals surface area contributed by atoms with Crippen molar-refractivity contribution in [3.8, 4) is 5.75 Å². The van der Waals surface area contributed by atoms with Crippen molar-refractivity contribution in [2.24, 2.45) is 0 Å². The molecule has 0 fully saturated rings. The summed E-state index contributed by atoms with van der Waals surface area (Å²) >= 11 is 0. The molecule has 0 spiro atoms. The summed E-state index contributed by atoms with van der Waals surface area (Å²) in [6, 6.07) is 6.46. The molecule has 0 amide bonds. The fourth-order valence-corrected chi connectivity index (χ4v) is 3.34. The molecule has 146 valence electrons. The Hall–Kier alpha value is -2.14. The summed E-state index contributed by atoms with van der Waals surface area (Å²) in [5, 5.41) is 11.1. The number of aliphatic hydroxyl groups excluding tert-OH is 1. The SMILES string of the molecule is CCCCCCOc1ccc2c(oc3c(F)c([C@H](O)CCC)ccc32)c1F. The first kappa shape index (κ1) is 19.6. The molecule has 0 saturated carbocycles. The lowest BCUT2D eigenvalue weighted by molar-refractivity contribution is 0.162. The lowest BCUT2D eigenvalue weighted by atomic mass is 10.0. The highest BCUT2D eigenvalue weighted by atomic mass is 19.1. The lowest BCUT2D eigenvalue weighted by Crippen LogP contribution is -2.00. The minimum absolute atomic E-state index is 0.0166. The molecule has 1 heterocycles. The Morgan fingerprint density at radius 3 is 2.33 bits per heavy atom. The Labute approximate surface area is 157 Å². The van der Waals surface area contributed by atoms with Crippen LogP contribution in [0.25, 0.3) is 21.9 Å². The highest BCUT2D eigenvalue weighted by molar-refractivity contribution is 6.05. The Bertz CT molecular complexity index is 917. The zero-order valence-electron chi connectivity index (χ0n) is 15.9. The molecule has 0 bridgehead atoms. The molecule has 0 unspecified atom stereocenters. The summed E-state index contributed by atoms with van der Waals surface area (Å²) in [4.78, 5) is 0. The van der Waals surface area contributed by atoms with Gasteiger partial charge in [0.1, 0.15) is 0 Å². The number of unbranched alkanes of at least 4 members (excludes halogenated alkanes) is 3. The van der Waals surface area contributed by atoms with E-state index < -0.39 is 17.7 Å². The molecule has 3 rings (SSSR count). The van der Waals surface area contributed by atoms with Crippen LogP contribution in [0.5, 0.6) is 5.75 Å². The van der Waals surface area contributed by atoms with Crippen LogP contribution in [0.4, 0.5) is 8.78 Å². The summed E-state index contributed by atoms with van der Waals surface area (Å²) in [5.74, 6) is -1.13. The van der Waals surface area contributed by atoms with Crippen LogP contribution >= 0.6 is 0 Å². The minimum Gasteiger partial charge on any atom is -0.490 e. The van der Waals surface area contributed by atoms with Gasteiger partial charge in [-0.2, -0.15) is 4.39 Å². The van der Waals surface area contributed by atoms with Crippen LogP contribution < -0.4 is 4.74 Å². The second kappa shape index (κ2) is 8.70. The van der Waals surface area contributed by atoms with Crippen LogP contribution in [-0.4, -0.2) is 11.7 Å². The van der Waals surface area contributed by atoms with E-state index in [1.54, 1.807) is 24.3 Å². The fraction of sp³-hybridized carbons (Fsp3) is 0.455. The Kier molecular flexibility index (Phi) is 6.32. The van der Waals surface area contributed by atoms with Crippen molar-refractivity contribution in [2.75, 3.05) is 6.61 Å². The highest BCUT2D eigenvalue weighted by Crippen LogP contribution is 2.37. The maximum absolute atomic E-state index is 14.8. The third-order valence-corrected chi connectivity index (χ3v) is 4.86. The molecule has 0 aliphatic carbocycles. The zero-order chi connectivity index (χ0) is 19.4. The second-order valence-corrected chi connectivity index (χ2v) is 6.92. The summed E-state index contributed by atoms with van der Waals surface area (Å²) < 4.78 is 40.7. The number of hydrogen-bond donors (Lipinski definition) is 1. The smallest absolute Gasteiger partial charge is 0.208 e. The highest BCUT2D eigenvalue weighted by Gasteiger charge is 2.21. The summed E-state index contributed by atoms with van der Waals surface area (Å²) in [6.45, 7) is 4.48. The summed E-state index contributed by atoms with van der Waals surface area (Å²) in [6.07, 6.45) is 4.43. The predicted molar refractivity (Wildman–Crippen MR) is 103 cm³/mol. The molecule has 0 radical (unpaired) electrons. The van der Waals surface area contributed by atoms with E-state index >= 15 is 0 Å². The number of benzene rings is 2. The van der Waals surface area contributed by atoms with Gasteiger partial charge in [0.15, 0.2) is 22.7 Å². The number of furan rings is 1. The van der Waals surface area contributed by atoms with Gasteiger partial charge in [0, 0.05) is 16.3 Å². The van der Waals surface area contributed by atoms with Crippen molar-refractivity contribution in [3.05, 3.63) is 41.5 Å². The summed E-state index contributed by atoms with van der Waals surface area (Å²) in [7, 11) is 0. The number of fused-ring (bicyclic) bond motifs is 3. The van der Waals surface area contributed by atoms with Crippen molar-refractivity contribution < 1.29 is 23.0 Å². The van der Waals surface area contributed by atoms with Gasteiger partial charge in [-0.1, -0.05) is 45.6 Å². The molecule has 1 N–H and O–H groups in total. The molecule has 5 heteroatoms. The molecule has 1 atom stereocenters. The molecule has 0 aliphatic rings. The van der Waals surface area contributed by atoms with Gasteiger partial charge in [0.2, 0.25) is 5.82 Å². The van der Waals surface area contributed by atoms with E-state index in [9.17, 15) is 13.9 Å². The maximum Gasteiger partial charge on any atom is 0.208 e. The minimum atomic E-state index is -0.903. The first-order chi connectivity index (χ1) is 13.1. The molecule has 2 aromatic carbocycles. The fourth-order valence-electron chi connectivity index (χ4n) is 3.34. The first-order valence-corrected chi connectivity index (χ1v) is 9.72. The predicted octanol–water partition coefficient (Wildman–Crippen LogP) is 6.66. The number of halogens is 2. The molecular formula is C22H26F2O3. The van der Waals surface area contributed by atoms with Gasteiger partial charge < -0.3 is 14.3 Å². The van der Waals surface area contributed by atoms with Gasteiger partial charge in [-0.25, -0.2) is 4.39 Å². The van der Waals surface area contributed by atoms with Crippen LogP contribution in [0.2, 0.25) is 0 Å². The van der Waals surface area contributed by atoms with Gasteiger partial charge in [-0.05, 0) is 31.0 Å². The van der Waals surface area contributed by atoms with Crippen molar-refractivity contribution in [3.63, 3.8) is 0 Å². The average molecular weight is 376 g/mol. The van der Waals surface area contributed by atoms with Crippen molar-refractivity contribution >= 4 is 21.9 Å². The van der Waals surface area contributed by atoms with Gasteiger partial charge in [-0.15, -0.1) is 0 Å². The van der Waals surface area contributed by atoms with E-state index in [0.717, 1.165) is 32.1 Å². The van der Waals surface area contributed by atoms with Crippen molar-refractivity contribution in [1.29, 1.82) is 0 Å². The van der Waals surface area contributed by atoms with E-state index in [4.69, 9.17) is 9.15 Å². The largest absolute Gasteiger partial charge is 0.490 e. The van der Waals surface area contributed by atoms with Crippen LogP contribution in [0.1, 0.15) is 64.0 Å². The topological polar surface area (TPSA) is 42.6 Å². The van der Waals surface area contributed by atoms with E-state index in [-0.39, 0.29) is 22.5 Å². The van der Waals surface area contributed by atoms with Gasteiger partial charge in [0.25, 0.3) is 0 Å². The first-order valence-electron chi connectivity index (χ1n) is 9.72. The molecule has 3 nitrogen and oxygen atoms in total. The van der Waals surface area contributed by atoms with Gasteiger partial charge in [-0.3, -0.25) is 0 Å². The Balaban J connectivity index is 1.93. The third kappa shape index (κ3) is 3.93. The van der Waals surface area contributed by atoms with Crippen LogP contribution in [0, 0.1) is 11.6 Å². The molecular weight excluding hydrogens is 350 g/mol. The van der Waals surface area contributed by atoms with E-state index in [0.29, 0.717) is 23.8 Å². The van der Waals surface area contributed by atoms with Crippen molar-refractivity contribution in [1.82, 2.24) is 0 Å².